The number of allylic oxidation sites excluding steroid dienone is 2. The first-order valence-electron chi connectivity index (χ1n) is 10.2. The van der Waals surface area contributed by atoms with E-state index in [0.717, 1.165) is 29.7 Å². The number of carboxylic acids is 1. The molecule has 0 aromatic carbocycles. The SMILES string of the molecule is O=C(NCc1ccco1)c1c(NC(=O)[C@@H]2[C@@H](C(=O)O)[C@@H]3C=C[C@H]2C3)sc2c1CCC2. The van der Waals surface area contributed by atoms with Crippen molar-refractivity contribution in [3.63, 3.8) is 0 Å². The number of amides is 2. The van der Waals surface area contributed by atoms with E-state index in [9.17, 15) is 19.5 Å². The van der Waals surface area contributed by atoms with Gasteiger partial charge in [0.15, 0.2) is 0 Å². The average Bonchev–Trinajstić information content (AvgIpc) is 3.51. The lowest BCUT2D eigenvalue weighted by atomic mass is 9.82. The van der Waals surface area contributed by atoms with Crippen molar-refractivity contribution in [2.45, 2.75) is 32.2 Å². The Bertz CT molecular complexity index is 1040. The highest BCUT2D eigenvalue weighted by molar-refractivity contribution is 7.17. The molecular weight excluding hydrogens is 404 g/mol. The third kappa shape index (κ3) is 3.15. The summed E-state index contributed by atoms with van der Waals surface area (Å²) in [5.74, 6) is -2.29. The molecule has 30 heavy (non-hydrogen) atoms. The number of hydrogen-bond donors (Lipinski definition) is 3. The predicted molar refractivity (Wildman–Crippen MR) is 110 cm³/mol. The summed E-state index contributed by atoms with van der Waals surface area (Å²) in [5.41, 5.74) is 1.51. The molecule has 0 unspecified atom stereocenters. The molecule has 3 aliphatic carbocycles. The van der Waals surface area contributed by atoms with Crippen molar-refractivity contribution in [3.05, 3.63) is 52.3 Å². The quantitative estimate of drug-likeness (QED) is 0.615. The van der Waals surface area contributed by atoms with Gasteiger partial charge in [-0.15, -0.1) is 11.3 Å². The van der Waals surface area contributed by atoms with Crippen LogP contribution in [0.15, 0.2) is 35.0 Å². The zero-order valence-corrected chi connectivity index (χ0v) is 17.0. The van der Waals surface area contributed by atoms with E-state index in [1.165, 1.54) is 11.3 Å². The highest BCUT2D eigenvalue weighted by Crippen LogP contribution is 2.49. The summed E-state index contributed by atoms with van der Waals surface area (Å²) in [4.78, 5) is 39.0. The lowest BCUT2D eigenvalue weighted by molar-refractivity contribution is -0.146. The Balaban J connectivity index is 1.38. The topological polar surface area (TPSA) is 109 Å². The summed E-state index contributed by atoms with van der Waals surface area (Å²) in [7, 11) is 0. The molecule has 1 fully saturated rings. The molecule has 0 spiro atoms. The van der Waals surface area contributed by atoms with E-state index in [0.29, 0.717) is 22.7 Å². The molecule has 0 radical (unpaired) electrons. The maximum atomic E-state index is 13.1. The summed E-state index contributed by atoms with van der Waals surface area (Å²) < 4.78 is 5.27. The molecule has 3 aliphatic rings. The van der Waals surface area contributed by atoms with Gasteiger partial charge < -0.3 is 20.2 Å². The number of anilines is 1. The summed E-state index contributed by atoms with van der Waals surface area (Å²) >= 11 is 1.44. The van der Waals surface area contributed by atoms with Crippen LogP contribution in [-0.4, -0.2) is 22.9 Å². The minimum Gasteiger partial charge on any atom is -0.481 e. The summed E-state index contributed by atoms with van der Waals surface area (Å²) in [6.07, 6.45) is 8.82. The van der Waals surface area contributed by atoms with Crippen LogP contribution in [0.2, 0.25) is 0 Å². The number of rotatable bonds is 6. The summed E-state index contributed by atoms with van der Waals surface area (Å²) in [5, 5.41) is 16.0. The van der Waals surface area contributed by atoms with Gasteiger partial charge in [0.1, 0.15) is 10.8 Å². The fourth-order valence-corrected chi connectivity index (χ4v) is 6.40. The molecule has 0 aliphatic heterocycles. The van der Waals surface area contributed by atoms with Crippen molar-refractivity contribution in [2.24, 2.45) is 23.7 Å². The van der Waals surface area contributed by atoms with Gasteiger partial charge in [-0.2, -0.15) is 0 Å². The molecular formula is C22H22N2O5S. The van der Waals surface area contributed by atoms with Gasteiger partial charge in [0, 0.05) is 4.88 Å². The van der Waals surface area contributed by atoms with Crippen LogP contribution < -0.4 is 10.6 Å². The molecule has 2 aromatic rings. The van der Waals surface area contributed by atoms with E-state index in [2.05, 4.69) is 10.6 Å². The number of furan rings is 1. The molecule has 8 heteroatoms. The smallest absolute Gasteiger partial charge is 0.307 e. The van der Waals surface area contributed by atoms with Crippen molar-refractivity contribution in [1.82, 2.24) is 5.32 Å². The number of aliphatic carboxylic acids is 1. The van der Waals surface area contributed by atoms with Crippen LogP contribution in [0.4, 0.5) is 5.00 Å². The maximum absolute atomic E-state index is 13.1. The van der Waals surface area contributed by atoms with Gasteiger partial charge in [-0.1, -0.05) is 12.2 Å². The molecule has 5 rings (SSSR count). The first kappa shape index (κ1) is 19.1. The second-order valence-corrected chi connectivity index (χ2v) is 9.26. The van der Waals surface area contributed by atoms with E-state index in [1.54, 1.807) is 18.4 Å². The van der Waals surface area contributed by atoms with Crippen LogP contribution in [0.1, 0.15) is 39.4 Å². The van der Waals surface area contributed by atoms with Crippen molar-refractivity contribution < 1.29 is 23.9 Å². The van der Waals surface area contributed by atoms with E-state index in [4.69, 9.17) is 4.42 Å². The molecule has 0 saturated heterocycles. The Hall–Kier alpha value is -2.87. The van der Waals surface area contributed by atoms with E-state index in [-0.39, 0.29) is 30.2 Å². The molecule has 7 nitrogen and oxygen atoms in total. The Morgan fingerprint density at radius 1 is 1.17 bits per heavy atom. The molecule has 4 atom stereocenters. The summed E-state index contributed by atoms with van der Waals surface area (Å²) in [6, 6.07) is 3.55. The fourth-order valence-electron chi connectivity index (χ4n) is 5.11. The van der Waals surface area contributed by atoms with Crippen molar-refractivity contribution in [1.29, 1.82) is 0 Å². The predicted octanol–water partition coefficient (Wildman–Crippen LogP) is 3.22. The lowest BCUT2D eigenvalue weighted by Gasteiger charge is -2.23. The van der Waals surface area contributed by atoms with Gasteiger partial charge >= 0.3 is 5.97 Å². The van der Waals surface area contributed by atoms with Crippen LogP contribution >= 0.6 is 11.3 Å². The van der Waals surface area contributed by atoms with Crippen LogP contribution in [-0.2, 0) is 29.0 Å². The largest absolute Gasteiger partial charge is 0.481 e. The highest BCUT2D eigenvalue weighted by Gasteiger charge is 2.51. The lowest BCUT2D eigenvalue weighted by Crippen LogP contribution is -2.36. The number of carbonyl (C=O) groups is 3. The Morgan fingerprint density at radius 2 is 1.97 bits per heavy atom. The first-order valence-corrected chi connectivity index (χ1v) is 11.0. The molecule has 2 amide bonds. The third-order valence-corrected chi connectivity index (χ3v) is 7.64. The molecule has 156 valence electrons. The molecule has 1 saturated carbocycles. The second kappa shape index (κ2) is 7.43. The number of aryl methyl sites for hydroxylation is 1. The molecule has 3 N–H and O–H groups in total. The number of hydrogen-bond acceptors (Lipinski definition) is 5. The minimum atomic E-state index is -0.933. The van der Waals surface area contributed by atoms with Gasteiger partial charge in [-0.25, -0.2) is 0 Å². The van der Waals surface area contributed by atoms with Gasteiger partial charge in [0.25, 0.3) is 5.91 Å². The van der Waals surface area contributed by atoms with Gasteiger partial charge in [-0.3, -0.25) is 14.4 Å². The van der Waals surface area contributed by atoms with Crippen molar-refractivity contribution in [3.8, 4) is 0 Å². The average molecular weight is 426 g/mol. The normalized spacial score (nSPS) is 26.0. The summed E-state index contributed by atoms with van der Waals surface area (Å²) in [6.45, 7) is 0.266. The van der Waals surface area contributed by atoms with Gasteiger partial charge in [-0.05, 0) is 55.2 Å². The standard InChI is InChI=1S/C22H22N2O5S/c25-19(23-10-13-3-2-8-29-13)18-14-4-1-5-15(14)30-21(18)24-20(26)16-11-6-7-12(9-11)17(16)22(27)28/h2-3,6-8,11-12,16-17H,1,4-5,9-10H2,(H,23,25)(H,24,26)(H,27,28)/t11-,12+,16-,17-/m0/s1. The Labute approximate surface area is 177 Å². The number of fused-ring (bicyclic) bond motifs is 3. The molecule has 2 aromatic heterocycles. The van der Waals surface area contributed by atoms with E-state index < -0.39 is 17.8 Å². The number of carboxylic acid groups (broad SMARTS) is 1. The zero-order chi connectivity index (χ0) is 20.8. The Kier molecular flexibility index (Phi) is 4.73. The number of carbonyl (C=O) groups excluding carboxylic acids is 2. The van der Waals surface area contributed by atoms with Crippen molar-refractivity contribution in [2.75, 3.05) is 5.32 Å². The Morgan fingerprint density at radius 3 is 2.70 bits per heavy atom. The first-order chi connectivity index (χ1) is 14.5. The van der Waals surface area contributed by atoms with Crippen LogP contribution in [0.5, 0.6) is 0 Å². The minimum absolute atomic E-state index is 0.0564. The highest BCUT2D eigenvalue weighted by atomic mass is 32.1. The van der Waals surface area contributed by atoms with E-state index in [1.807, 2.05) is 12.2 Å². The number of thiophene rings is 1. The zero-order valence-electron chi connectivity index (χ0n) is 16.2. The molecule has 2 bridgehead atoms. The maximum Gasteiger partial charge on any atom is 0.307 e. The third-order valence-electron chi connectivity index (χ3n) is 6.44. The fraction of sp³-hybridized carbons (Fsp3) is 0.409. The number of nitrogens with one attached hydrogen (secondary N) is 2. The van der Waals surface area contributed by atoms with E-state index >= 15 is 0 Å². The van der Waals surface area contributed by atoms with Gasteiger partial charge in [0.2, 0.25) is 5.91 Å². The van der Waals surface area contributed by atoms with Crippen molar-refractivity contribution >= 4 is 34.1 Å². The van der Waals surface area contributed by atoms with Crippen LogP contribution in [0.3, 0.4) is 0 Å². The monoisotopic (exact) mass is 426 g/mol. The van der Waals surface area contributed by atoms with Gasteiger partial charge in [0.05, 0.1) is 30.2 Å². The second-order valence-electron chi connectivity index (χ2n) is 8.15. The van der Waals surface area contributed by atoms with Crippen LogP contribution in [0.25, 0.3) is 0 Å². The van der Waals surface area contributed by atoms with Crippen LogP contribution in [0, 0.1) is 23.7 Å². The molecule has 2 heterocycles.